The van der Waals surface area contributed by atoms with Gasteiger partial charge in [-0.1, -0.05) is 0 Å². The van der Waals surface area contributed by atoms with Crippen molar-refractivity contribution in [3.8, 4) is 0 Å². The zero-order valence-electron chi connectivity index (χ0n) is 9.05. The van der Waals surface area contributed by atoms with Gasteiger partial charge in [0.25, 0.3) is 5.78 Å². The van der Waals surface area contributed by atoms with Gasteiger partial charge in [0, 0.05) is 18.4 Å². The highest BCUT2D eigenvalue weighted by Gasteiger charge is 2.17. The van der Waals surface area contributed by atoms with Crippen LogP contribution in [0, 0.1) is 6.92 Å². The molecule has 1 aliphatic heterocycles. The Morgan fingerprint density at radius 1 is 1.56 bits per heavy atom. The monoisotopic (exact) mass is 219 g/mol. The zero-order chi connectivity index (χ0) is 11.0. The van der Waals surface area contributed by atoms with Crippen molar-refractivity contribution in [3.63, 3.8) is 0 Å². The Morgan fingerprint density at radius 2 is 2.50 bits per heavy atom. The molecule has 0 amide bonds. The first-order chi connectivity index (χ1) is 7.83. The Balaban J connectivity index is 1.97. The molecule has 1 aliphatic rings. The number of aryl methyl sites for hydroxylation is 1. The van der Waals surface area contributed by atoms with Crippen molar-refractivity contribution in [2.24, 2.45) is 0 Å². The molecule has 1 unspecified atom stereocenters. The maximum Gasteiger partial charge on any atom is 0.254 e. The molecule has 3 heterocycles. The summed E-state index contributed by atoms with van der Waals surface area (Å²) < 4.78 is 7.04. The van der Waals surface area contributed by atoms with Gasteiger partial charge in [-0.25, -0.2) is 4.98 Å². The lowest BCUT2D eigenvalue weighted by atomic mass is 10.2. The highest BCUT2D eigenvalue weighted by Crippen LogP contribution is 2.14. The molecule has 6 nitrogen and oxygen atoms in total. The predicted octanol–water partition coefficient (Wildman–Crippen LogP) is 0.634. The normalized spacial score (nSPS) is 20.4. The van der Waals surface area contributed by atoms with E-state index in [1.807, 2.05) is 13.0 Å². The average molecular weight is 219 g/mol. The fourth-order valence-corrected chi connectivity index (χ4v) is 1.89. The van der Waals surface area contributed by atoms with Gasteiger partial charge in [0.15, 0.2) is 0 Å². The van der Waals surface area contributed by atoms with E-state index < -0.39 is 0 Å². The van der Waals surface area contributed by atoms with E-state index in [2.05, 4.69) is 20.4 Å². The lowest BCUT2D eigenvalue weighted by Gasteiger charge is -2.13. The number of nitrogens with one attached hydrogen (secondary N) is 1. The summed E-state index contributed by atoms with van der Waals surface area (Å²) in [7, 11) is 0. The Labute approximate surface area is 92.7 Å². The maximum atomic E-state index is 5.33. The van der Waals surface area contributed by atoms with Crippen molar-refractivity contribution in [1.29, 1.82) is 0 Å². The third-order valence-corrected chi connectivity index (χ3v) is 2.66. The van der Waals surface area contributed by atoms with E-state index in [1.165, 1.54) is 6.33 Å². The maximum absolute atomic E-state index is 5.33. The highest BCUT2D eigenvalue weighted by molar-refractivity contribution is 5.45. The second-order valence-electron chi connectivity index (χ2n) is 3.96. The van der Waals surface area contributed by atoms with Gasteiger partial charge in [-0.2, -0.15) is 14.6 Å². The van der Waals surface area contributed by atoms with E-state index in [4.69, 9.17) is 4.74 Å². The molecule has 1 N–H and O–H groups in total. The van der Waals surface area contributed by atoms with Crippen molar-refractivity contribution >= 4 is 11.6 Å². The number of fused-ring (bicyclic) bond motifs is 1. The second-order valence-corrected chi connectivity index (χ2v) is 3.96. The summed E-state index contributed by atoms with van der Waals surface area (Å²) in [5, 5.41) is 7.55. The van der Waals surface area contributed by atoms with E-state index in [0.29, 0.717) is 11.8 Å². The molecule has 0 radical (unpaired) electrons. The standard InChI is InChI=1S/C10H13N5O/c1-7-4-9(14-8-2-3-16-5-8)15-10(13-7)11-6-12-15/h4,6,8,14H,2-3,5H2,1H3. The number of hydrogen-bond donors (Lipinski definition) is 1. The van der Waals surface area contributed by atoms with E-state index in [-0.39, 0.29) is 0 Å². The minimum atomic E-state index is 0.356. The van der Waals surface area contributed by atoms with Gasteiger partial charge in [0.2, 0.25) is 0 Å². The van der Waals surface area contributed by atoms with Gasteiger partial charge in [-0.15, -0.1) is 0 Å². The Morgan fingerprint density at radius 3 is 3.31 bits per heavy atom. The lowest BCUT2D eigenvalue weighted by molar-refractivity contribution is 0.195. The molecule has 6 heteroatoms. The third kappa shape index (κ3) is 1.61. The topological polar surface area (TPSA) is 64.3 Å². The number of aromatic nitrogens is 4. The van der Waals surface area contributed by atoms with E-state index in [0.717, 1.165) is 31.1 Å². The Kier molecular flexibility index (Phi) is 2.21. The summed E-state index contributed by atoms with van der Waals surface area (Å²) in [5.74, 6) is 1.55. The highest BCUT2D eigenvalue weighted by atomic mass is 16.5. The quantitative estimate of drug-likeness (QED) is 0.802. The van der Waals surface area contributed by atoms with Crippen LogP contribution in [0.2, 0.25) is 0 Å². The van der Waals surface area contributed by atoms with E-state index >= 15 is 0 Å². The first-order valence-electron chi connectivity index (χ1n) is 5.34. The summed E-state index contributed by atoms with van der Waals surface area (Å²) in [6, 6.07) is 2.33. The van der Waals surface area contributed by atoms with Crippen molar-refractivity contribution in [1.82, 2.24) is 19.6 Å². The van der Waals surface area contributed by atoms with Crippen LogP contribution < -0.4 is 5.32 Å². The molecule has 0 bridgehead atoms. The smallest absolute Gasteiger partial charge is 0.254 e. The Bertz CT molecular complexity index is 503. The first kappa shape index (κ1) is 9.53. The molecule has 0 spiro atoms. The summed E-state index contributed by atoms with van der Waals surface area (Å²) >= 11 is 0. The lowest BCUT2D eigenvalue weighted by Crippen LogP contribution is -2.21. The van der Waals surface area contributed by atoms with Crippen LogP contribution in [0.4, 0.5) is 5.82 Å². The SMILES string of the molecule is Cc1cc(NC2CCOC2)n2ncnc2n1. The first-order valence-corrected chi connectivity index (χ1v) is 5.34. The minimum Gasteiger partial charge on any atom is -0.379 e. The second kappa shape index (κ2) is 3.71. The van der Waals surface area contributed by atoms with Crippen LogP contribution in [0.25, 0.3) is 5.78 Å². The van der Waals surface area contributed by atoms with Gasteiger partial charge >= 0.3 is 0 Å². The summed E-state index contributed by atoms with van der Waals surface area (Å²) in [6.07, 6.45) is 2.54. The van der Waals surface area contributed by atoms with Crippen LogP contribution >= 0.6 is 0 Å². The van der Waals surface area contributed by atoms with Gasteiger partial charge in [0.05, 0.1) is 12.6 Å². The molecule has 1 atom stereocenters. The van der Waals surface area contributed by atoms with Crippen LogP contribution in [-0.2, 0) is 4.74 Å². The number of rotatable bonds is 2. The molecule has 3 rings (SSSR count). The van der Waals surface area contributed by atoms with Crippen molar-refractivity contribution < 1.29 is 4.74 Å². The molecule has 84 valence electrons. The Hall–Kier alpha value is -1.69. The molecule has 16 heavy (non-hydrogen) atoms. The number of ether oxygens (including phenoxy) is 1. The summed E-state index contributed by atoms with van der Waals surface area (Å²) in [4.78, 5) is 8.37. The third-order valence-electron chi connectivity index (χ3n) is 2.66. The van der Waals surface area contributed by atoms with E-state index in [1.54, 1.807) is 4.52 Å². The molecule has 1 fully saturated rings. The molecule has 0 saturated carbocycles. The molecule has 2 aromatic heterocycles. The van der Waals surface area contributed by atoms with Gasteiger partial charge in [0.1, 0.15) is 12.1 Å². The van der Waals surface area contributed by atoms with Crippen LogP contribution in [0.5, 0.6) is 0 Å². The van der Waals surface area contributed by atoms with Crippen molar-refractivity contribution in [3.05, 3.63) is 18.1 Å². The fourth-order valence-electron chi connectivity index (χ4n) is 1.89. The molecule has 2 aromatic rings. The predicted molar refractivity (Wildman–Crippen MR) is 58.4 cm³/mol. The minimum absolute atomic E-state index is 0.356. The summed E-state index contributed by atoms with van der Waals surface area (Å²) in [6.45, 7) is 3.52. The van der Waals surface area contributed by atoms with Gasteiger partial charge < -0.3 is 10.1 Å². The van der Waals surface area contributed by atoms with Crippen LogP contribution in [0.15, 0.2) is 12.4 Å². The number of hydrogen-bond acceptors (Lipinski definition) is 5. The number of nitrogens with zero attached hydrogens (tertiary/aromatic N) is 4. The molecular weight excluding hydrogens is 206 g/mol. The molecule has 1 saturated heterocycles. The van der Waals surface area contributed by atoms with E-state index in [9.17, 15) is 0 Å². The average Bonchev–Trinajstić information content (AvgIpc) is 2.87. The largest absolute Gasteiger partial charge is 0.379 e. The van der Waals surface area contributed by atoms with Crippen molar-refractivity contribution in [2.75, 3.05) is 18.5 Å². The summed E-state index contributed by atoms with van der Waals surface area (Å²) in [5.41, 5.74) is 0.932. The molecule has 0 aromatic carbocycles. The van der Waals surface area contributed by atoms with Gasteiger partial charge in [-0.05, 0) is 13.3 Å². The van der Waals surface area contributed by atoms with Crippen LogP contribution in [0.1, 0.15) is 12.1 Å². The molecule has 0 aliphatic carbocycles. The number of anilines is 1. The fraction of sp³-hybridized carbons (Fsp3) is 0.500. The van der Waals surface area contributed by atoms with Crippen LogP contribution in [-0.4, -0.2) is 38.8 Å². The van der Waals surface area contributed by atoms with Gasteiger partial charge in [-0.3, -0.25) is 0 Å². The van der Waals surface area contributed by atoms with Crippen molar-refractivity contribution in [2.45, 2.75) is 19.4 Å². The van der Waals surface area contributed by atoms with Crippen LogP contribution in [0.3, 0.4) is 0 Å². The molecular formula is C10H13N5O. The zero-order valence-corrected chi connectivity index (χ0v) is 9.05.